The molecule has 1 aromatic carbocycles. The summed E-state index contributed by atoms with van der Waals surface area (Å²) in [6.45, 7) is 0.284. The van der Waals surface area contributed by atoms with Gasteiger partial charge < -0.3 is 11.1 Å². The van der Waals surface area contributed by atoms with Gasteiger partial charge in [-0.3, -0.25) is 14.9 Å². The van der Waals surface area contributed by atoms with Gasteiger partial charge in [-0.25, -0.2) is 4.98 Å². The average Bonchev–Trinajstić information content (AvgIpc) is 2.87. The van der Waals surface area contributed by atoms with Crippen molar-refractivity contribution in [2.75, 3.05) is 11.9 Å². The number of nitro benzene ring substituents is 1. The van der Waals surface area contributed by atoms with E-state index in [-0.39, 0.29) is 24.6 Å². The summed E-state index contributed by atoms with van der Waals surface area (Å²) in [5.41, 5.74) is 6.73. The molecule has 0 fully saturated rings. The second-order valence-electron chi connectivity index (χ2n) is 3.93. The van der Waals surface area contributed by atoms with Gasteiger partial charge in [-0.05, 0) is 12.1 Å². The van der Waals surface area contributed by atoms with Crippen molar-refractivity contribution in [1.82, 2.24) is 4.98 Å². The van der Waals surface area contributed by atoms with Gasteiger partial charge in [0.1, 0.15) is 0 Å². The third kappa shape index (κ3) is 3.37. The number of hydrogen-bond donors (Lipinski definition) is 2. The standard InChI is InChI=1S/C12H12N4O3S/c13-6-5-11(17)15-12-14-10(7-20-12)8-1-3-9(4-2-8)16(18)19/h1-4,7H,5-6,13H2,(H,14,15,17). The summed E-state index contributed by atoms with van der Waals surface area (Å²) >= 11 is 1.29. The highest BCUT2D eigenvalue weighted by atomic mass is 32.1. The minimum Gasteiger partial charge on any atom is -0.330 e. The summed E-state index contributed by atoms with van der Waals surface area (Å²) < 4.78 is 0. The number of nitrogens with one attached hydrogen (secondary N) is 1. The molecule has 0 bridgehead atoms. The van der Waals surface area contributed by atoms with Crippen molar-refractivity contribution in [3.8, 4) is 11.3 Å². The number of thiazole rings is 1. The maximum atomic E-state index is 11.4. The lowest BCUT2D eigenvalue weighted by Gasteiger charge is -1.99. The van der Waals surface area contributed by atoms with Gasteiger partial charge >= 0.3 is 0 Å². The molecule has 0 spiro atoms. The van der Waals surface area contributed by atoms with Crippen molar-refractivity contribution >= 4 is 28.1 Å². The second kappa shape index (κ2) is 6.22. The predicted octanol–water partition coefficient (Wildman–Crippen LogP) is 2.01. The molecule has 0 saturated carbocycles. The highest BCUT2D eigenvalue weighted by Gasteiger charge is 2.09. The fraction of sp³-hybridized carbons (Fsp3) is 0.167. The van der Waals surface area contributed by atoms with Crippen LogP contribution in [0, 0.1) is 10.1 Å². The van der Waals surface area contributed by atoms with Gasteiger partial charge in [0.2, 0.25) is 5.91 Å². The Labute approximate surface area is 118 Å². The predicted molar refractivity (Wildman–Crippen MR) is 76.5 cm³/mol. The first kappa shape index (κ1) is 14.1. The fourth-order valence-electron chi connectivity index (χ4n) is 1.53. The molecule has 2 aromatic rings. The molecule has 0 aliphatic carbocycles. The van der Waals surface area contributed by atoms with E-state index in [4.69, 9.17) is 5.73 Å². The van der Waals surface area contributed by atoms with E-state index < -0.39 is 4.92 Å². The van der Waals surface area contributed by atoms with Crippen molar-refractivity contribution in [2.24, 2.45) is 5.73 Å². The molecular formula is C12H12N4O3S. The Morgan fingerprint density at radius 3 is 2.70 bits per heavy atom. The lowest BCUT2D eigenvalue weighted by atomic mass is 10.1. The van der Waals surface area contributed by atoms with Crippen LogP contribution in [0.15, 0.2) is 29.6 Å². The van der Waals surface area contributed by atoms with E-state index in [9.17, 15) is 14.9 Å². The lowest BCUT2D eigenvalue weighted by molar-refractivity contribution is -0.384. The number of aromatic nitrogens is 1. The van der Waals surface area contributed by atoms with E-state index in [1.807, 2.05) is 0 Å². The molecule has 1 heterocycles. The van der Waals surface area contributed by atoms with Gasteiger partial charge in [0, 0.05) is 36.0 Å². The molecule has 1 amide bonds. The molecule has 0 aliphatic heterocycles. The summed E-state index contributed by atoms with van der Waals surface area (Å²) in [6, 6.07) is 6.08. The molecule has 0 radical (unpaired) electrons. The summed E-state index contributed by atoms with van der Waals surface area (Å²) in [7, 11) is 0. The summed E-state index contributed by atoms with van der Waals surface area (Å²) in [6.07, 6.45) is 0.243. The van der Waals surface area contributed by atoms with Gasteiger partial charge in [-0.1, -0.05) is 0 Å². The largest absolute Gasteiger partial charge is 0.330 e. The molecule has 0 atom stereocenters. The van der Waals surface area contributed by atoms with Crippen LogP contribution in [-0.4, -0.2) is 22.4 Å². The van der Waals surface area contributed by atoms with Crippen molar-refractivity contribution in [3.63, 3.8) is 0 Å². The molecule has 20 heavy (non-hydrogen) atoms. The Bertz CT molecular complexity index is 624. The summed E-state index contributed by atoms with van der Waals surface area (Å²) in [5.74, 6) is -0.183. The van der Waals surface area contributed by atoms with Gasteiger partial charge in [-0.2, -0.15) is 0 Å². The van der Waals surface area contributed by atoms with E-state index in [0.29, 0.717) is 10.8 Å². The molecule has 0 saturated heterocycles. The highest BCUT2D eigenvalue weighted by molar-refractivity contribution is 7.14. The van der Waals surface area contributed by atoms with Gasteiger partial charge in [0.05, 0.1) is 10.6 Å². The Kier molecular flexibility index (Phi) is 4.38. The molecule has 0 aliphatic rings. The van der Waals surface area contributed by atoms with Crippen LogP contribution >= 0.6 is 11.3 Å². The SMILES string of the molecule is NCCC(=O)Nc1nc(-c2ccc([N+](=O)[O-])cc2)cs1. The highest BCUT2D eigenvalue weighted by Crippen LogP contribution is 2.26. The third-order valence-corrected chi connectivity index (χ3v) is 3.25. The minimum absolute atomic E-state index is 0.0282. The molecule has 1 aromatic heterocycles. The van der Waals surface area contributed by atoms with Crippen molar-refractivity contribution in [2.45, 2.75) is 6.42 Å². The maximum absolute atomic E-state index is 11.4. The Morgan fingerprint density at radius 2 is 2.10 bits per heavy atom. The molecule has 0 unspecified atom stereocenters. The lowest BCUT2D eigenvalue weighted by Crippen LogP contribution is -2.15. The average molecular weight is 292 g/mol. The smallest absolute Gasteiger partial charge is 0.269 e. The number of non-ortho nitro benzene ring substituents is 1. The normalized spacial score (nSPS) is 10.2. The zero-order chi connectivity index (χ0) is 14.5. The number of rotatable bonds is 5. The van der Waals surface area contributed by atoms with Crippen LogP contribution in [0.1, 0.15) is 6.42 Å². The van der Waals surface area contributed by atoms with Gasteiger partial charge in [-0.15, -0.1) is 11.3 Å². The monoisotopic (exact) mass is 292 g/mol. The molecule has 8 heteroatoms. The summed E-state index contributed by atoms with van der Waals surface area (Å²) in [4.78, 5) is 25.7. The van der Waals surface area contributed by atoms with Crippen LogP contribution in [-0.2, 0) is 4.79 Å². The molecule has 3 N–H and O–H groups in total. The molecular weight excluding hydrogens is 280 g/mol. The van der Waals surface area contributed by atoms with Crippen molar-refractivity contribution in [1.29, 1.82) is 0 Å². The van der Waals surface area contributed by atoms with Crippen molar-refractivity contribution in [3.05, 3.63) is 39.8 Å². The number of carbonyl (C=O) groups excluding carboxylic acids is 1. The number of nitro groups is 1. The molecule has 104 valence electrons. The number of nitrogens with two attached hydrogens (primary N) is 1. The number of nitrogens with zero attached hydrogens (tertiary/aromatic N) is 2. The van der Waals surface area contributed by atoms with E-state index in [2.05, 4.69) is 10.3 Å². The van der Waals surface area contributed by atoms with Crippen LogP contribution in [0.4, 0.5) is 10.8 Å². The number of amides is 1. The quantitative estimate of drug-likeness (QED) is 0.646. The number of hydrogen-bond acceptors (Lipinski definition) is 6. The number of benzene rings is 1. The zero-order valence-electron chi connectivity index (χ0n) is 10.4. The first-order chi connectivity index (χ1) is 9.60. The fourth-order valence-corrected chi connectivity index (χ4v) is 2.27. The van der Waals surface area contributed by atoms with E-state index in [1.54, 1.807) is 17.5 Å². The minimum atomic E-state index is -0.455. The van der Waals surface area contributed by atoms with Crippen LogP contribution in [0.2, 0.25) is 0 Å². The summed E-state index contributed by atoms with van der Waals surface area (Å²) in [5, 5.41) is 15.5. The second-order valence-corrected chi connectivity index (χ2v) is 4.79. The van der Waals surface area contributed by atoms with Crippen LogP contribution in [0.5, 0.6) is 0 Å². The van der Waals surface area contributed by atoms with Crippen LogP contribution < -0.4 is 11.1 Å². The number of carbonyl (C=O) groups is 1. The molecule has 2 rings (SSSR count). The topological polar surface area (TPSA) is 111 Å². The Hall–Kier alpha value is -2.32. The third-order valence-electron chi connectivity index (χ3n) is 2.50. The van der Waals surface area contributed by atoms with Crippen molar-refractivity contribution < 1.29 is 9.72 Å². The zero-order valence-corrected chi connectivity index (χ0v) is 11.2. The van der Waals surface area contributed by atoms with Gasteiger partial charge in [0.25, 0.3) is 5.69 Å². The first-order valence-electron chi connectivity index (χ1n) is 5.80. The number of anilines is 1. The van der Waals surface area contributed by atoms with E-state index >= 15 is 0 Å². The van der Waals surface area contributed by atoms with E-state index in [1.165, 1.54) is 23.5 Å². The van der Waals surface area contributed by atoms with Crippen LogP contribution in [0.3, 0.4) is 0 Å². The maximum Gasteiger partial charge on any atom is 0.269 e. The molecule has 7 nitrogen and oxygen atoms in total. The van der Waals surface area contributed by atoms with E-state index in [0.717, 1.165) is 5.56 Å². The van der Waals surface area contributed by atoms with Gasteiger partial charge in [0.15, 0.2) is 5.13 Å². The Balaban J connectivity index is 2.12. The van der Waals surface area contributed by atoms with Crippen LogP contribution in [0.25, 0.3) is 11.3 Å². The first-order valence-corrected chi connectivity index (χ1v) is 6.68. The Morgan fingerprint density at radius 1 is 1.40 bits per heavy atom.